The molecular weight excluding hydrogens is 468 g/mol. The van der Waals surface area contributed by atoms with Gasteiger partial charge in [-0.05, 0) is 42.6 Å². The van der Waals surface area contributed by atoms with E-state index in [0.717, 1.165) is 43.9 Å². The Kier molecular flexibility index (Phi) is 7.86. The maximum absolute atomic E-state index is 13.0. The van der Waals surface area contributed by atoms with Crippen LogP contribution in [0.5, 0.6) is 5.75 Å². The summed E-state index contributed by atoms with van der Waals surface area (Å²) in [5, 5.41) is 2.35. The summed E-state index contributed by atoms with van der Waals surface area (Å²) in [5.41, 5.74) is 3.73. The first-order chi connectivity index (χ1) is 18.0. The molecule has 0 radical (unpaired) electrons. The zero-order valence-corrected chi connectivity index (χ0v) is 21.6. The van der Waals surface area contributed by atoms with E-state index in [1.807, 2.05) is 12.1 Å². The normalized spacial score (nSPS) is 20.7. The molecule has 2 saturated heterocycles. The van der Waals surface area contributed by atoms with Crippen molar-refractivity contribution in [1.82, 2.24) is 20.0 Å². The summed E-state index contributed by atoms with van der Waals surface area (Å²) in [6.07, 6.45) is 3.12. The van der Waals surface area contributed by atoms with E-state index in [0.29, 0.717) is 30.9 Å². The van der Waals surface area contributed by atoms with Gasteiger partial charge < -0.3 is 14.5 Å². The van der Waals surface area contributed by atoms with E-state index in [4.69, 9.17) is 4.74 Å². The summed E-state index contributed by atoms with van der Waals surface area (Å²) in [6.45, 7) is 9.66. The fourth-order valence-corrected chi connectivity index (χ4v) is 5.41. The quantitative estimate of drug-likeness (QED) is 0.529. The number of unbranched alkanes of at least 4 members (excludes halogenated alkanes) is 1. The molecule has 0 bridgehead atoms. The number of benzene rings is 2. The van der Waals surface area contributed by atoms with Crippen molar-refractivity contribution < 1.29 is 19.1 Å². The van der Waals surface area contributed by atoms with Crippen LogP contribution in [0.15, 0.2) is 42.5 Å². The van der Waals surface area contributed by atoms with Crippen LogP contribution >= 0.6 is 0 Å². The number of rotatable bonds is 9. The lowest BCUT2D eigenvalue weighted by atomic mass is 10.0. The molecule has 196 valence electrons. The molecule has 1 atom stereocenters. The first kappa shape index (κ1) is 25.4. The van der Waals surface area contributed by atoms with Crippen LogP contribution in [0.1, 0.15) is 59.7 Å². The van der Waals surface area contributed by atoms with Gasteiger partial charge in [-0.25, -0.2) is 0 Å². The Balaban J connectivity index is 1.15. The van der Waals surface area contributed by atoms with Gasteiger partial charge in [0, 0.05) is 50.3 Å². The van der Waals surface area contributed by atoms with Crippen molar-refractivity contribution >= 4 is 17.7 Å². The minimum absolute atomic E-state index is 0.189. The van der Waals surface area contributed by atoms with E-state index in [2.05, 4.69) is 46.3 Å². The van der Waals surface area contributed by atoms with Crippen LogP contribution in [-0.4, -0.2) is 71.2 Å². The van der Waals surface area contributed by atoms with E-state index < -0.39 is 11.9 Å². The predicted molar refractivity (Wildman–Crippen MR) is 140 cm³/mol. The van der Waals surface area contributed by atoms with Crippen molar-refractivity contribution in [3.63, 3.8) is 0 Å². The number of nitrogens with one attached hydrogen (secondary N) is 1. The minimum Gasteiger partial charge on any atom is -0.489 e. The Labute approximate surface area is 218 Å². The first-order valence-electron chi connectivity index (χ1n) is 13.4. The van der Waals surface area contributed by atoms with Crippen LogP contribution in [0, 0.1) is 0 Å². The molecule has 2 aromatic carbocycles. The number of piperazine rings is 1. The summed E-state index contributed by atoms with van der Waals surface area (Å²) in [7, 11) is 0. The highest BCUT2D eigenvalue weighted by molar-refractivity contribution is 6.05. The van der Waals surface area contributed by atoms with Gasteiger partial charge in [-0.2, -0.15) is 0 Å². The molecule has 2 aromatic rings. The Bertz CT molecular complexity index is 1140. The van der Waals surface area contributed by atoms with Gasteiger partial charge >= 0.3 is 0 Å². The zero-order valence-electron chi connectivity index (χ0n) is 21.6. The molecule has 0 aliphatic carbocycles. The minimum atomic E-state index is -0.627. The topological polar surface area (TPSA) is 82.2 Å². The second-order valence-electron chi connectivity index (χ2n) is 10.3. The number of carbonyl (C=O) groups excluding carboxylic acids is 3. The van der Waals surface area contributed by atoms with E-state index in [1.165, 1.54) is 24.9 Å². The maximum Gasteiger partial charge on any atom is 0.255 e. The van der Waals surface area contributed by atoms with Crippen molar-refractivity contribution in [2.45, 2.75) is 58.3 Å². The van der Waals surface area contributed by atoms with Crippen LogP contribution in [-0.2, 0) is 29.3 Å². The van der Waals surface area contributed by atoms with Gasteiger partial charge in [0.2, 0.25) is 11.8 Å². The third-order valence-electron chi connectivity index (χ3n) is 7.66. The van der Waals surface area contributed by atoms with Gasteiger partial charge in [0.1, 0.15) is 18.4 Å². The van der Waals surface area contributed by atoms with E-state index in [1.54, 1.807) is 11.0 Å². The van der Waals surface area contributed by atoms with E-state index >= 15 is 0 Å². The number of amides is 3. The van der Waals surface area contributed by atoms with Crippen molar-refractivity contribution in [3.8, 4) is 5.75 Å². The third-order valence-corrected chi connectivity index (χ3v) is 7.66. The van der Waals surface area contributed by atoms with Crippen molar-refractivity contribution in [3.05, 3.63) is 64.7 Å². The van der Waals surface area contributed by atoms with Crippen molar-refractivity contribution in [2.75, 3.05) is 32.7 Å². The van der Waals surface area contributed by atoms with Gasteiger partial charge in [-0.15, -0.1) is 0 Å². The number of ether oxygens (including phenoxy) is 1. The van der Waals surface area contributed by atoms with Gasteiger partial charge in [-0.3, -0.25) is 24.6 Å². The number of hydrogen-bond acceptors (Lipinski definition) is 6. The molecule has 8 heteroatoms. The molecule has 0 spiro atoms. The highest BCUT2D eigenvalue weighted by Crippen LogP contribution is 2.34. The van der Waals surface area contributed by atoms with Crippen LogP contribution in [0.3, 0.4) is 0 Å². The van der Waals surface area contributed by atoms with E-state index in [-0.39, 0.29) is 18.2 Å². The molecule has 3 aliphatic heterocycles. The average molecular weight is 505 g/mol. The molecule has 2 fully saturated rings. The smallest absolute Gasteiger partial charge is 0.255 e. The van der Waals surface area contributed by atoms with Gasteiger partial charge in [0.25, 0.3) is 5.91 Å². The monoisotopic (exact) mass is 504 g/mol. The second-order valence-corrected chi connectivity index (χ2v) is 10.3. The largest absolute Gasteiger partial charge is 0.489 e. The fraction of sp³-hybridized carbons (Fsp3) is 0.483. The van der Waals surface area contributed by atoms with Crippen molar-refractivity contribution in [1.29, 1.82) is 0 Å². The van der Waals surface area contributed by atoms with Crippen LogP contribution in [0.2, 0.25) is 0 Å². The van der Waals surface area contributed by atoms with Gasteiger partial charge in [0.15, 0.2) is 0 Å². The standard InChI is InChI=1S/C29H36N4O4/c1-2-3-13-31-14-16-32(17-15-31)18-21-7-9-22(10-8-21)20-37-26-6-4-5-23-24(26)19-33(29(23)36)25-11-12-27(34)30-28(25)35/h4-10,25H,2-3,11-20H2,1H3,(H,30,34,35). The number of nitrogens with zero attached hydrogens (tertiary/aromatic N) is 3. The third kappa shape index (κ3) is 5.86. The second kappa shape index (κ2) is 11.4. The summed E-state index contributed by atoms with van der Waals surface area (Å²) in [5.74, 6) is -0.222. The maximum atomic E-state index is 13.0. The highest BCUT2D eigenvalue weighted by Gasteiger charge is 2.40. The molecule has 1 unspecified atom stereocenters. The first-order valence-corrected chi connectivity index (χ1v) is 13.4. The molecular formula is C29H36N4O4. The Morgan fingerprint density at radius 1 is 0.946 bits per heavy atom. The number of imide groups is 1. The molecule has 1 N–H and O–H groups in total. The molecule has 3 heterocycles. The van der Waals surface area contributed by atoms with Crippen LogP contribution in [0.4, 0.5) is 0 Å². The molecule has 0 saturated carbocycles. The molecule has 3 amide bonds. The van der Waals surface area contributed by atoms with Gasteiger partial charge in [-0.1, -0.05) is 43.7 Å². The van der Waals surface area contributed by atoms with Crippen LogP contribution < -0.4 is 10.1 Å². The lowest BCUT2D eigenvalue weighted by Gasteiger charge is -2.34. The summed E-state index contributed by atoms with van der Waals surface area (Å²) < 4.78 is 6.15. The highest BCUT2D eigenvalue weighted by atomic mass is 16.5. The molecule has 8 nitrogen and oxygen atoms in total. The number of carbonyl (C=O) groups is 3. The molecule has 37 heavy (non-hydrogen) atoms. The summed E-state index contributed by atoms with van der Waals surface area (Å²) >= 11 is 0. The lowest BCUT2D eigenvalue weighted by molar-refractivity contribution is -0.136. The van der Waals surface area contributed by atoms with E-state index in [9.17, 15) is 14.4 Å². The molecule has 0 aromatic heterocycles. The number of fused-ring (bicyclic) bond motifs is 1. The molecule has 3 aliphatic rings. The lowest BCUT2D eigenvalue weighted by Crippen LogP contribution is -2.52. The Morgan fingerprint density at radius 2 is 1.68 bits per heavy atom. The zero-order chi connectivity index (χ0) is 25.8. The Hall–Kier alpha value is -3.23. The summed E-state index contributed by atoms with van der Waals surface area (Å²) in [6, 6.07) is 13.4. The Morgan fingerprint density at radius 3 is 2.41 bits per heavy atom. The van der Waals surface area contributed by atoms with Crippen molar-refractivity contribution in [2.24, 2.45) is 0 Å². The molecule has 5 rings (SSSR count). The van der Waals surface area contributed by atoms with Crippen LogP contribution in [0.25, 0.3) is 0 Å². The number of piperidine rings is 1. The summed E-state index contributed by atoms with van der Waals surface area (Å²) in [4.78, 5) is 43.5. The SMILES string of the molecule is CCCCN1CCN(Cc2ccc(COc3cccc4c3CN(C3CCC(=O)NC3=O)C4=O)cc2)CC1. The average Bonchev–Trinajstić information content (AvgIpc) is 3.24. The number of hydrogen-bond donors (Lipinski definition) is 1. The van der Waals surface area contributed by atoms with Gasteiger partial charge in [0.05, 0.1) is 6.54 Å². The predicted octanol–water partition coefficient (Wildman–Crippen LogP) is 2.94. The fourth-order valence-electron chi connectivity index (χ4n) is 5.41.